The van der Waals surface area contributed by atoms with E-state index in [1.165, 1.54) is 0 Å². The van der Waals surface area contributed by atoms with Crippen LogP contribution in [0, 0.1) is 5.41 Å². The minimum atomic E-state index is -0.571. The van der Waals surface area contributed by atoms with E-state index in [9.17, 15) is 4.79 Å². The SMILES string of the molecule is CC(C)(C)C(N)C(=O)Nc1ccccc1-n1ccnc1. The van der Waals surface area contributed by atoms with Gasteiger partial charge in [-0.2, -0.15) is 0 Å². The molecule has 3 N–H and O–H groups in total. The lowest BCUT2D eigenvalue weighted by Gasteiger charge is -2.26. The average molecular weight is 272 g/mol. The number of benzene rings is 1. The Bertz CT molecular complexity index is 584. The molecule has 0 saturated carbocycles. The van der Waals surface area contributed by atoms with Crippen LogP contribution in [0.4, 0.5) is 5.69 Å². The topological polar surface area (TPSA) is 72.9 Å². The predicted molar refractivity (Wildman–Crippen MR) is 79.6 cm³/mol. The maximum absolute atomic E-state index is 12.2. The number of para-hydroxylation sites is 2. The second-order valence-corrected chi connectivity index (χ2v) is 5.82. The highest BCUT2D eigenvalue weighted by molar-refractivity contribution is 5.96. The lowest BCUT2D eigenvalue weighted by molar-refractivity contribution is -0.119. The van der Waals surface area contributed by atoms with Gasteiger partial charge in [-0.1, -0.05) is 32.9 Å². The van der Waals surface area contributed by atoms with E-state index in [4.69, 9.17) is 5.73 Å². The van der Waals surface area contributed by atoms with E-state index in [-0.39, 0.29) is 11.3 Å². The second-order valence-electron chi connectivity index (χ2n) is 5.82. The molecule has 106 valence electrons. The Kier molecular flexibility index (Phi) is 3.90. The zero-order chi connectivity index (χ0) is 14.8. The summed E-state index contributed by atoms with van der Waals surface area (Å²) in [6.45, 7) is 5.83. The number of hydrogen-bond donors (Lipinski definition) is 2. The third-order valence-electron chi connectivity index (χ3n) is 3.16. The normalized spacial score (nSPS) is 13.0. The highest BCUT2D eigenvalue weighted by Crippen LogP contribution is 2.22. The summed E-state index contributed by atoms with van der Waals surface area (Å²) in [5.41, 5.74) is 7.27. The molecule has 1 unspecified atom stereocenters. The molecule has 2 rings (SSSR count). The van der Waals surface area contributed by atoms with Crippen molar-refractivity contribution in [3.63, 3.8) is 0 Å². The summed E-state index contributed by atoms with van der Waals surface area (Å²) in [6.07, 6.45) is 5.21. The number of hydrogen-bond acceptors (Lipinski definition) is 3. The molecule has 0 aliphatic carbocycles. The molecule has 5 heteroatoms. The monoisotopic (exact) mass is 272 g/mol. The van der Waals surface area contributed by atoms with E-state index >= 15 is 0 Å². The molecule has 5 nitrogen and oxygen atoms in total. The smallest absolute Gasteiger partial charge is 0.241 e. The van der Waals surface area contributed by atoms with Gasteiger partial charge in [-0.05, 0) is 17.5 Å². The fourth-order valence-electron chi connectivity index (χ4n) is 1.81. The number of amides is 1. The third-order valence-corrected chi connectivity index (χ3v) is 3.16. The Morgan fingerprint density at radius 2 is 2.05 bits per heavy atom. The van der Waals surface area contributed by atoms with Crippen molar-refractivity contribution in [3.8, 4) is 5.69 Å². The molecule has 1 atom stereocenters. The first-order valence-electron chi connectivity index (χ1n) is 6.53. The van der Waals surface area contributed by atoms with Crippen LogP contribution in [0.15, 0.2) is 43.0 Å². The lowest BCUT2D eigenvalue weighted by atomic mass is 9.87. The second kappa shape index (κ2) is 5.46. The number of nitrogens with two attached hydrogens (primary N) is 1. The molecule has 0 spiro atoms. The van der Waals surface area contributed by atoms with Crippen molar-refractivity contribution in [2.75, 3.05) is 5.32 Å². The minimum absolute atomic E-state index is 0.190. The van der Waals surface area contributed by atoms with Crippen molar-refractivity contribution in [2.24, 2.45) is 11.1 Å². The van der Waals surface area contributed by atoms with Crippen LogP contribution in [0.1, 0.15) is 20.8 Å². The Morgan fingerprint density at radius 1 is 1.35 bits per heavy atom. The number of nitrogens with zero attached hydrogens (tertiary/aromatic N) is 2. The summed E-state index contributed by atoms with van der Waals surface area (Å²) in [5.74, 6) is -0.190. The fourth-order valence-corrected chi connectivity index (χ4v) is 1.81. The molecule has 1 aromatic heterocycles. The molecule has 0 aliphatic rings. The standard InChI is InChI=1S/C15H20N4O/c1-15(2,3)13(16)14(20)18-11-6-4-5-7-12(11)19-9-8-17-10-19/h4-10,13H,16H2,1-3H3,(H,18,20). The van der Waals surface area contributed by atoms with Crippen LogP contribution < -0.4 is 11.1 Å². The van der Waals surface area contributed by atoms with Gasteiger partial charge in [0.2, 0.25) is 5.91 Å². The number of anilines is 1. The minimum Gasteiger partial charge on any atom is -0.323 e. The maximum Gasteiger partial charge on any atom is 0.241 e. The average Bonchev–Trinajstić information content (AvgIpc) is 2.91. The van der Waals surface area contributed by atoms with Gasteiger partial charge in [0.25, 0.3) is 0 Å². The first-order valence-corrected chi connectivity index (χ1v) is 6.53. The molecule has 1 amide bonds. The highest BCUT2D eigenvalue weighted by Gasteiger charge is 2.27. The molecule has 2 aromatic rings. The summed E-state index contributed by atoms with van der Waals surface area (Å²) < 4.78 is 1.85. The Hall–Kier alpha value is -2.14. The van der Waals surface area contributed by atoms with Crippen LogP contribution in [0.5, 0.6) is 0 Å². The number of carbonyl (C=O) groups is 1. The lowest BCUT2D eigenvalue weighted by Crippen LogP contribution is -2.45. The fraction of sp³-hybridized carbons (Fsp3) is 0.333. The molecule has 0 fully saturated rings. The highest BCUT2D eigenvalue weighted by atomic mass is 16.2. The van der Waals surface area contributed by atoms with Gasteiger partial charge in [0.1, 0.15) is 0 Å². The van der Waals surface area contributed by atoms with Gasteiger partial charge >= 0.3 is 0 Å². The van der Waals surface area contributed by atoms with Gasteiger partial charge in [0.05, 0.1) is 23.7 Å². The van der Waals surface area contributed by atoms with Gasteiger partial charge in [0.15, 0.2) is 0 Å². The Labute approximate surface area is 118 Å². The molecule has 20 heavy (non-hydrogen) atoms. The van der Waals surface area contributed by atoms with Crippen LogP contribution in [0.3, 0.4) is 0 Å². The molecule has 1 heterocycles. The van der Waals surface area contributed by atoms with E-state index in [0.29, 0.717) is 0 Å². The van der Waals surface area contributed by atoms with Crippen molar-refractivity contribution in [1.29, 1.82) is 0 Å². The van der Waals surface area contributed by atoms with E-state index in [1.807, 2.05) is 55.8 Å². The van der Waals surface area contributed by atoms with E-state index in [1.54, 1.807) is 12.5 Å². The van der Waals surface area contributed by atoms with Gasteiger partial charge in [-0.3, -0.25) is 4.79 Å². The Morgan fingerprint density at radius 3 is 2.65 bits per heavy atom. The predicted octanol–water partition coefficient (Wildman–Crippen LogP) is 2.18. The molecule has 0 radical (unpaired) electrons. The Balaban J connectivity index is 2.25. The first-order chi connectivity index (χ1) is 9.39. The molecule has 0 bridgehead atoms. The summed E-state index contributed by atoms with van der Waals surface area (Å²) >= 11 is 0. The van der Waals surface area contributed by atoms with Gasteiger partial charge in [0, 0.05) is 12.4 Å². The van der Waals surface area contributed by atoms with Crippen molar-refractivity contribution in [2.45, 2.75) is 26.8 Å². The number of imidazole rings is 1. The van der Waals surface area contributed by atoms with E-state index < -0.39 is 6.04 Å². The molecular weight excluding hydrogens is 252 g/mol. The summed E-state index contributed by atoms with van der Waals surface area (Å²) in [5, 5.41) is 2.89. The number of nitrogens with one attached hydrogen (secondary N) is 1. The summed E-state index contributed by atoms with van der Waals surface area (Å²) in [4.78, 5) is 16.2. The summed E-state index contributed by atoms with van der Waals surface area (Å²) in [7, 11) is 0. The summed E-state index contributed by atoms with van der Waals surface area (Å²) in [6, 6.07) is 6.98. The zero-order valence-electron chi connectivity index (χ0n) is 12.0. The number of aromatic nitrogens is 2. The van der Waals surface area contributed by atoms with E-state index in [0.717, 1.165) is 11.4 Å². The maximum atomic E-state index is 12.2. The van der Waals surface area contributed by atoms with Crippen molar-refractivity contribution < 1.29 is 4.79 Å². The molecule has 0 saturated heterocycles. The van der Waals surface area contributed by atoms with Crippen LogP contribution in [0.2, 0.25) is 0 Å². The van der Waals surface area contributed by atoms with Crippen molar-refractivity contribution in [3.05, 3.63) is 43.0 Å². The third kappa shape index (κ3) is 3.05. The molecule has 0 aliphatic heterocycles. The van der Waals surface area contributed by atoms with E-state index in [2.05, 4.69) is 10.3 Å². The van der Waals surface area contributed by atoms with Crippen LogP contribution in [0.25, 0.3) is 5.69 Å². The molecular formula is C15H20N4O. The van der Waals surface area contributed by atoms with Gasteiger partial charge < -0.3 is 15.6 Å². The van der Waals surface area contributed by atoms with Gasteiger partial charge in [-0.15, -0.1) is 0 Å². The van der Waals surface area contributed by atoms with Gasteiger partial charge in [-0.25, -0.2) is 4.98 Å². The van der Waals surface area contributed by atoms with Crippen LogP contribution in [-0.2, 0) is 4.79 Å². The molecule has 1 aromatic carbocycles. The first kappa shape index (κ1) is 14.3. The van der Waals surface area contributed by atoms with Crippen LogP contribution >= 0.6 is 0 Å². The van der Waals surface area contributed by atoms with Crippen molar-refractivity contribution in [1.82, 2.24) is 9.55 Å². The zero-order valence-corrected chi connectivity index (χ0v) is 12.0. The number of carbonyl (C=O) groups excluding carboxylic acids is 1. The van der Waals surface area contributed by atoms with Crippen LogP contribution in [-0.4, -0.2) is 21.5 Å². The largest absolute Gasteiger partial charge is 0.323 e. The number of rotatable bonds is 3. The van der Waals surface area contributed by atoms with Crippen molar-refractivity contribution >= 4 is 11.6 Å². The quantitative estimate of drug-likeness (QED) is 0.899.